The highest BCUT2D eigenvalue weighted by atomic mass is 35.5. The Morgan fingerprint density at radius 2 is 2.05 bits per heavy atom. The Hall–Kier alpha value is -1.81. The monoisotopic (exact) mass is 338 g/mol. The average Bonchev–Trinajstić information content (AvgIpc) is 2.53. The Bertz CT molecular complexity index is 652. The fourth-order valence-corrected chi connectivity index (χ4v) is 2.27. The van der Waals surface area contributed by atoms with Gasteiger partial charge < -0.3 is 16.0 Å². The summed E-state index contributed by atoms with van der Waals surface area (Å²) in [6, 6.07) is 0. The molecule has 0 bridgehead atoms. The van der Waals surface area contributed by atoms with Crippen molar-refractivity contribution in [2.24, 2.45) is 0 Å². The Morgan fingerprint density at radius 3 is 2.59 bits per heavy atom. The van der Waals surface area contributed by atoms with E-state index in [1.807, 2.05) is 4.90 Å². The van der Waals surface area contributed by atoms with Gasteiger partial charge in [-0.25, -0.2) is 0 Å². The molecule has 1 aliphatic heterocycles. The van der Waals surface area contributed by atoms with Crippen LogP contribution in [0.1, 0.15) is 12.6 Å². The molecule has 2 rings (SSSR count). The van der Waals surface area contributed by atoms with Crippen LogP contribution in [0, 0.1) is 12.3 Å². The van der Waals surface area contributed by atoms with Gasteiger partial charge in [-0.15, -0.1) is 16.6 Å². The van der Waals surface area contributed by atoms with Crippen molar-refractivity contribution in [2.45, 2.75) is 6.92 Å². The van der Waals surface area contributed by atoms with E-state index in [0.29, 0.717) is 22.2 Å². The number of terminal acetylenes is 1. The lowest BCUT2D eigenvalue weighted by Gasteiger charge is -2.27. The molecule has 0 amide bonds. The van der Waals surface area contributed by atoms with Crippen LogP contribution in [0.25, 0.3) is 5.57 Å². The van der Waals surface area contributed by atoms with Gasteiger partial charge in [0.1, 0.15) is 5.69 Å². The maximum absolute atomic E-state index is 6.17. The normalized spacial score (nSPS) is 17.0. The van der Waals surface area contributed by atoms with Crippen LogP contribution in [0.3, 0.4) is 0 Å². The first-order valence-corrected chi connectivity index (χ1v) is 7.45. The largest absolute Gasteiger partial charge is 0.382 e. The molecule has 0 atom stereocenters. The molecule has 0 radical (unpaired) electrons. The number of hydrogen-bond donors (Lipinski definition) is 2. The number of aromatic nitrogens is 3. The van der Waals surface area contributed by atoms with Crippen LogP contribution in [0.5, 0.6) is 0 Å². The highest BCUT2D eigenvalue weighted by molar-refractivity contribution is 6.44. The molecular formula is C14H16Cl2N6. The van der Waals surface area contributed by atoms with E-state index in [1.54, 1.807) is 6.92 Å². The lowest BCUT2D eigenvalue weighted by molar-refractivity contribution is 0.577. The number of nitrogens with two attached hydrogens (primary N) is 1. The molecule has 0 aromatic carbocycles. The highest BCUT2D eigenvalue weighted by Gasteiger charge is 2.19. The van der Waals surface area contributed by atoms with Crippen LogP contribution in [-0.2, 0) is 0 Å². The van der Waals surface area contributed by atoms with E-state index < -0.39 is 0 Å². The Morgan fingerprint density at radius 1 is 1.36 bits per heavy atom. The van der Waals surface area contributed by atoms with Crippen molar-refractivity contribution in [1.82, 2.24) is 20.5 Å². The van der Waals surface area contributed by atoms with Crippen LogP contribution < -0.4 is 16.0 Å². The summed E-state index contributed by atoms with van der Waals surface area (Å²) in [5.41, 5.74) is 6.76. The fourth-order valence-electron chi connectivity index (χ4n) is 2.02. The van der Waals surface area contributed by atoms with E-state index in [0.717, 1.165) is 26.2 Å². The lowest BCUT2D eigenvalue weighted by atomic mass is 10.1. The summed E-state index contributed by atoms with van der Waals surface area (Å²) < 4.78 is 0. The third-order valence-electron chi connectivity index (χ3n) is 3.12. The molecule has 1 aromatic rings. The van der Waals surface area contributed by atoms with Gasteiger partial charge >= 0.3 is 0 Å². The van der Waals surface area contributed by atoms with E-state index in [4.69, 9.17) is 35.4 Å². The van der Waals surface area contributed by atoms with Crippen molar-refractivity contribution in [2.75, 3.05) is 36.8 Å². The third-order valence-corrected chi connectivity index (χ3v) is 3.90. The molecule has 0 unspecified atom stereocenters. The van der Waals surface area contributed by atoms with Crippen LogP contribution in [0.4, 0.5) is 11.8 Å². The molecule has 1 aliphatic rings. The maximum atomic E-state index is 6.17. The molecule has 22 heavy (non-hydrogen) atoms. The van der Waals surface area contributed by atoms with Gasteiger partial charge in [0.15, 0.2) is 5.82 Å². The first-order chi connectivity index (χ1) is 10.5. The van der Waals surface area contributed by atoms with Crippen molar-refractivity contribution < 1.29 is 0 Å². The number of hydrogen-bond acceptors (Lipinski definition) is 6. The summed E-state index contributed by atoms with van der Waals surface area (Å²) in [4.78, 5) is 6.32. The zero-order valence-corrected chi connectivity index (χ0v) is 13.6. The number of anilines is 2. The second-order valence-electron chi connectivity index (χ2n) is 4.65. The molecule has 1 saturated heterocycles. The zero-order chi connectivity index (χ0) is 16.1. The molecule has 8 heteroatoms. The molecule has 6 nitrogen and oxygen atoms in total. The molecule has 116 valence electrons. The Kier molecular flexibility index (Phi) is 5.61. The number of allylic oxidation sites excluding steroid dienone is 4. The van der Waals surface area contributed by atoms with Gasteiger partial charge in [-0.3, -0.25) is 0 Å². The quantitative estimate of drug-likeness (QED) is 0.643. The average molecular weight is 339 g/mol. The molecule has 2 heterocycles. The topological polar surface area (TPSA) is 80.0 Å². The van der Waals surface area contributed by atoms with Gasteiger partial charge in [0.25, 0.3) is 0 Å². The van der Waals surface area contributed by atoms with E-state index in [9.17, 15) is 0 Å². The minimum Gasteiger partial charge on any atom is -0.382 e. The number of nitrogens with zero attached hydrogens (tertiary/aromatic N) is 4. The number of rotatable bonds is 3. The fraction of sp³-hybridized carbons (Fsp3) is 0.357. The van der Waals surface area contributed by atoms with Gasteiger partial charge in [0, 0.05) is 36.8 Å². The van der Waals surface area contributed by atoms with Gasteiger partial charge in [0.2, 0.25) is 5.95 Å². The first-order valence-electron chi connectivity index (χ1n) is 6.69. The minimum absolute atomic E-state index is 0.209. The predicted octanol–water partition coefficient (Wildman–Crippen LogP) is 1.59. The van der Waals surface area contributed by atoms with Crippen molar-refractivity contribution in [3.05, 3.63) is 21.8 Å². The second kappa shape index (κ2) is 7.45. The van der Waals surface area contributed by atoms with Crippen LogP contribution in [0.15, 0.2) is 16.1 Å². The summed E-state index contributed by atoms with van der Waals surface area (Å²) in [5, 5.41) is 12.2. The lowest BCUT2D eigenvalue weighted by Crippen LogP contribution is -2.44. The highest BCUT2D eigenvalue weighted by Crippen LogP contribution is 2.31. The van der Waals surface area contributed by atoms with Crippen LogP contribution >= 0.6 is 23.2 Å². The number of piperazine rings is 1. The van der Waals surface area contributed by atoms with Gasteiger partial charge in [-0.1, -0.05) is 29.1 Å². The summed E-state index contributed by atoms with van der Waals surface area (Å²) in [6.07, 6.45) is 6.77. The first kappa shape index (κ1) is 16.6. The molecule has 0 saturated carbocycles. The summed E-state index contributed by atoms with van der Waals surface area (Å²) >= 11 is 12.1. The third kappa shape index (κ3) is 3.69. The minimum atomic E-state index is 0.209. The Labute approximate surface area is 139 Å². The van der Waals surface area contributed by atoms with E-state index in [-0.39, 0.29) is 10.9 Å². The molecule has 0 spiro atoms. The zero-order valence-electron chi connectivity index (χ0n) is 12.1. The molecule has 1 fully saturated rings. The molecule has 3 N–H and O–H groups in total. The van der Waals surface area contributed by atoms with E-state index in [1.165, 1.54) is 6.08 Å². The molecular weight excluding hydrogens is 323 g/mol. The smallest absolute Gasteiger partial charge is 0.247 e. The summed E-state index contributed by atoms with van der Waals surface area (Å²) in [6.45, 7) is 4.99. The van der Waals surface area contributed by atoms with Gasteiger partial charge in [-0.2, -0.15) is 4.98 Å². The van der Waals surface area contributed by atoms with E-state index in [2.05, 4.69) is 26.4 Å². The van der Waals surface area contributed by atoms with Crippen molar-refractivity contribution in [3.8, 4) is 12.3 Å². The van der Waals surface area contributed by atoms with Crippen LogP contribution in [0.2, 0.25) is 0 Å². The maximum Gasteiger partial charge on any atom is 0.247 e. The number of halogens is 2. The van der Waals surface area contributed by atoms with Gasteiger partial charge in [-0.05, 0) is 13.0 Å². The SMILES string of the molecule is C#CC=C(C(Cl)=C(C)Cl)c1nnc(N2CCNCC2)nc1N. The molecule has 0 aliphatic carbocycles. The summed E-state index contributed by atoms with van der Waals surface area (Å²) in [7, 11) is 0. The molecule has 1 aromatic heterocycles. The number of nitrogen functional groups attached to an aromatic ring is 1. The van der Waals surface area contributed by atoms with Crippen LogP contribution in [-0.4, -0.2) is 41.4 Å². The van der Waals surface area contributed by atoms with Crippen molar-refractivity contribution in [3.63, 3.8) is 0 Å². The van der Waals surface area contributed by atoms with Gasteiger partial charge in [0.05, 0.1) is 5.03 Å². The second-order valence-corrected chi connectivity index (χ2v) is 5.60. The van der Waals surface area contributed by atoms with Crippen molar-refractivity contribution >= 4 is 40.5 Å². The van der Waals surface area contributed by atoms with E-state index >= 15 is 0 Å². The summed E-state index contributed by atoms with van der Waals surface area (Å²) in [5.74, 6) is 3.10. The number of nitrogens with one attached hydrogen (secondary N) is 1. The Balaban J connectivity index is 2.38. The predicted molar refractivity (Wildman–Crippen MR) is 90.5 cm³/mol. The van der Waals surface area contributed by atoms with Crippen molar-refractivity contribution in [1.29, 1.82) is 0 Å². The standard InChI is InChI=1S/C14H16Cl2N6/c1-3-4-10(11(16)9(2)15)12-13(17)19-14(21-20-12)22-7-5-18-6-8-22/h1,4,18H,5-8H2,2H3,(H2,17,19,21).